The van der Waals surface area contributed by atoms with Crippen LogP contribution in [0.2, 0.25) is 0 Å². The van der Waals surface area contributed by atoms with Crippen molar-refractivity contribution in [3.8, 4) is 11.5 Å². The fourth-order valence-corrected chi connectivity index (χ4v) is 4.23. The second kappa shape index (κ2) is 12.2. The van der Waals surface area contributed by atoms with Crippen molar-refractivity contribution in [2.45, 2.75) is 79.1 Å². The fourth-order valence-electron chi connectivity index (χ4n) is 3.53. The maximum atomic E-state index is 12.8. The van der Waals surface area contributed by atoms with E-state index in [1.807, 2.05) is 96.5 Å². The molecule has 1 radical (unpaired) electrons. The molecule has 0 unspecified atom stereocenters. The van der Waals surface area contributed by atoms with E-state index in [-0.39, 0.29) is 59.0 Å². The summed E-state index contributed by atoms with van der Waals surface area (Å²) in [7, 11) is -4.46. The van der Waals surface area contributed by atoms with Crippen LogP contribution in [0.3, 0.4) is 0 Å². The topological polar surface area (TPSA) is 81.7 Å². The average molecular weight is 485 g/mol. The van der Waals surface area contributed by atoms with E-state index in [1.54, 1.807) is 0 Å². The first-order chi connectivity index (χ1) is 14.8. The third-order valence-corrected chi connectivity index (χ3v) is 6.04. The van der Waals surface area contributed by atoms with Crippen LogP contribution in [0.15, 0.2) is 36.4 Å². The molecule has 0 aromatic heterocycles. The molecule has 1 amide bonds. The first-order valence-electron chi connectivity index (χ1n) is 11.0. The van der Waals surface area contributed by atoms with Gasteiger partial charge in [0, 0.05) is 29.6 Å². The predicted molar refractivity (Wildman–Crippen MR) is 134 cm³/mol. The minimum Gasteiger partial charge on any atom is -0.409 e. The van der Waals surface area contributed by atoms with Crippen LogP contribution in [0.4, 0.5) is 4.79 Å². The summed E-state index contributed by atoms with van der Waals surface area (Å²) in [6.07, 6.45) is -1.10. The van der Waals surface area contributed by atoms with Gasteiger partial charge in [0.05, 0.1) is 0 Å². The molecule has 6 nitrogen and oxygen atoms in total. The third-order valence-electron chi connectivity index (χ3n) is 5.24. The van der Waals surface area contributed by atoms with Gasteiger partial charge in [-0.25, -0.2) is 4.79 Å². The quantitative estimate of drug-likeness (QED) is 0.450. The minimum absolute atomic E-state index is 0. The molecule has 0 aliphatic carbocycles. The third kappa shape index (κ3) is 7.74. The van der Waals surface area contributed by atoms with Crippen molar-refractivity contribution in [3.63, 3.8) is 0 Å². The Balaban J connectivity index is 0.00000544. The first-order valence-corrected chi connectivity index (χ1v) is 12.4. The zero-order valence-corrected chi connectivity index (χ0v) is 24.0. The van der Waals surface area contributed by atoms with Crippen LogP contribution in [0.1, 0.15) is 101 Å². The van der Waals surface area contributed by atoms with E-state index in [0.717, 1.165) is 22.3 Å². The van der Waals surface area contributed by atoms with Crippen LogP contribution in [-0.4, -0.2) is 44.1 Å². The molecule has 0 aliphatic heterocycles. The Hall–Kier alpha value is -1.54. The second-order valence-corrected chi connectivity index (χ2v) is 10.5. The van der Waals surface area contributed by atoms with Crippen LogP contribution in [-0.2, 0) is 10.3 Å². The van der Waals surface area contributed by atoms with E-state index < -0.39 is 16.4 Å². The standard InChI is InChI=1S/C25H35NO5S.Na/c1-15(2)19-11-9-12-20(16(3)4)23(19)30-25(27)26-32(28,29)31-24-21(17(5)6)13-10-14-22(24)18(7)8;/h9-18H,1-8H3,(H,26,27);. The van der Waals surface area contributed by atoms with Gasteiger partial charge in [0.15, 0.2) is 5.75 Å². The number of para-hydroxylation sites is 2. The molecule has 0 saturated heterocycles. The molecule has 177 valence electrons. The summed E-state index contributed by atoms with van der Waals surface area (Å²) in [6.45, 7) is 15.8. The van der Waals surface area contributed by atoms with Crippen molar-refractivity contribution in [1.29, 1.82) is 0 Å². The Morgan fingerprint density at radius 2 is 1.03 bits per heavy atom. The van der Waals surface area contributed by atoms with Gasteiger partial charge in [0.1, 0.15) is 5.75 Å². The Morgan fingerprint density at radius 1 is 0.697 bits per heavy atom. The van der Waals surface area contributed by atoms with Crippen molar-refractivity contribution in [2.24, 2.45) is 0 Å². The molecular formula is C25H35NNaO5S. The van der Waals surface area contributed by atoms with Crippen molar-refractivity contribution in [2.75, 3.05) is 0 Å². The molecule has 1 N–H and O–H groups in total. The summed E-state index contributed by atoms with van der Waals surface area (Å²) in [5.74, 6) is 0.903. The summed E-state index contributed by atoms with van der Waals surface area (Å²) < 4.78 is 38.3. The zero-order valence-electron chi connectivity index (χ0n) is 21.2. The molecule has 0 atom stereocenters. The first kappa shape index (κ1) is 29.5. The van der Waals surface area contributed by atoms with Gasteiger partial charge in [-0.05, 0) is 45.9 Å². The van der Waals surface area contributed by atoms with Gasteiger partial charge in [-0.15, -0.1) is 0 Å². The summed E-state index contributed by atoms with van der Waals surface area (Å²) >= 11 is 0. The van der Waals surface area contributed by atoms with Crippen LogP contribution in [0, 0.1) is 0 Å². The Kier molecular flexibility index (Phi) is 10.9. The number of hydrogen-bond donors (Lipinski definition) is 1. The van der Waals surface area contributed by atoms with E-state index in [9.17, 15) is 13.2 Å². The number of carbonyl (C=O) groups is 1. The molecule has 2 aromatic carbocycles. The maximum absolute atomic E-state index is 12.8. The van der Waals surface area contributed by atoms with Crippen LogP contribution >= 0.6 is 0 Å². The van der Waals surface area contributed by atoms with Crippen molar-refractivity contribution < 1.29 is 22.1 Å². The molecule has 8 heteroatoms. The Morgan fingerprint density at radius 3 is 1.36 bits per heavy atom. The van der Waals surface area contributed by atoms with Crippen molar-refractivity contribution in [1.82, 2.24) is 4.72 Å². The number of benzene rings is 2. The van der Waals surface area contributed by atoms with E-state index in [0.29, 0.717) is 5.75 Å². The molecule has 2 aromatic rings. The summed E-state index contributed by atoms with van der Waals surface area (Å²) in [5.41, 5.74) is 3.17. The summed E-state index contributed by atoms with van der Waals surface area (Å²) in [5, 5.41) is 0. The molecule has 0 aliphatic rings. The van der Waals surface area contributed by atoms with Crippen LogP contribution in [0.5, 0.6) is 11.5 Å². The van der Waals surface area contributed by atoms with Gasteiger partial charge in [0.25, 0.3) is 0 Å². The van der Waals surface area contributed by atoms with Gasteiger partial charge < -0.3 is 8.92 Å². The number of hydrogen-bond acceptors (Lipinski definition) is 5. The van der Waals surface area contributed by atoms with Gasteiger partial charge in [-0.1, -0.05) is 91.8 Å². The van der Waals surface area contributed by atoms with Crippen LogP contribution < -0.4 is 13.6 Å². The smallest absolute Gasteiger partial charge is 0.409 e. The van der Waals surface area contributed by atoms with Crippen molar-refractivity contribution in [3.05, 3.63) is 58.7 Å². The van der Waals surface area contributed by atoms with Gasteiger partial charge >= 0.3 is 16.4 Å². The zero-order chi connectivity index (χ0) is 24.2. The van der Waals surface area contributed by atoms with Crippen molar-refractivity contribution >= 4 is 46.0 Å². The average Bonchev–Trinajstić information content (AvgIpc) is 2.66. The minimum atomic E-state index is -4.46. The maximum Gasteiger partial charge on any atom is 0.429 e. The number of nitrogens with one attached hydrogen (secondary N) is 1. The molecule has 0 heterocycles. The molecule has 0 bridgehead atoms. The molecular weight excluding hydrogens is 449 g/mol. The number of rotatable bonds is 8. The predicted octanol–water partition coefficient (Wildman–Crippen LogP) is 6.21. The van der Waals surface area contributed by atoms with E-state index in [1.165, 1.54) is 0 Å². The monoisotopic (exact) mass is 484 g/mol. The molecule has 2 rings (SSSR count). The summed E-state index contributed by atoms with van der Waals surface area (Å²) in [4.78, 5) is 12.6. The van der Waals surface area contributed by atoms with E-state index >= 15 is 0 Å². The van der Waals surface area contributed by atoms with Gasteiger partial charge in [-0.2, -0.15) is 13.1 Å². The second-order valence-electron chi connectivity index (χ2n) is 9.18. The Labute approximate surface area is 221 Å². The van der Waals surface area contributed by atoms with Gasteiger partial charge in [-0.3, -0.25) is 0 Å². The largest absolute Gasteiger partial charge is 0.429 e. The molecule has 0 saturated carbocycles. The SMILES string of the molecule is CC(C)c1cccc(C(C)C)c1OC(=O)NS(=O)(=O)Oc1c(C(C)C)cccc1C(C)C.[Na]. The Bertz CT molecular complexity index is 1010. The number of carbonyl (C=O) groups excluding carboxylic acids is 1. The molecule has 33 heavy (non-hydrogen) atoms. The van der Waals surface area contributed by atoms with E-state index in [2.05, 4.69) is 0 Å². The summed E-state index contributed by atoms with van der Waals surface area (Å²) in [6, 6.07) is 11.2. The fraction of sp³-hybridized carbons (Fsp3) is 0.480. The van der Waals surface area contributed by atoms with E-state index in [4.69, 9.17) is 8.92 Å². The molecule has 0 spiro atoms. The normalized spacial score (nSPS) is 11.6. The number of amides is 1. The molecule has 0 fully saturated rings. The van der Waals surface area contributed by atoms with Gasteiger partial charge in [0.2, 0.25) is 0 Å². The number of ether oxygens (including phenoxy) is 1. The van der Waals surface area contributed by atoms with Crippen LogP contribution in [0.25, 0.3) is 0 Å².